The molecule has 8 heteroatoms. The maximum atomic E-state index is 10.8. The van der Waals surface area contributed by atoms with E-state index in [1.165, 1.54) is 24.1 Å². The van der Waals surface area contributed by atoms with Crippen LogP contribution in [0.2, 0.25) is 0 Å². The standard InChI is InChI=1S/C7H10N2O4S.Na.H/c1-12-6-2-4-7(5-3-6)13-14(10,11)9-8;;/h2-5,9H,8H2,1H3;;/q;+1;-1. The van der Waals surface area contributed by atoms with Gasteiger partial charge in [0.1, 0.15) is 11.5 Å². The summed E-state index contributed by atoms with van der Waals surface area (Å²) in [7, 11) is -2.40. The molecule has 1 aromatic rings. The molecule has 0 fully saturated rings. The zero-order valence-electron chi connectivity index (χ0n) is 9.43. The smallest absolute Gasteiger partial charge is 1.00 e. The summed E-state index contributed by atoms with van der Waals surface area (Å²) in [6.45, 7) is 0. The number of hydrogen-bond donors (Lipinski definition) is 2. The molecule has 0 unspecified atom stereocenters. The van der Waals surface area contributed by atoms with E-state index in [-0.39, 0.29) is 36.7 Å². The van der Waals surface area contributed by atoms with Crippen LogP contribution in [-0.4, -0.2) is 15.5 Å². The molecular weight excluding hydrogens is 231 g/mol. The van der Waals surface area contributed by atoms with Crippen molar-refractivity contribution in [2.45, 2.75) is 0 Å². The normalized spacial score (nSPS) is 10.3. The monoisotopic (exact) mass is 242 g/mol. The molecule has 1 rings (SSSR count). The minimum absolute atomic E-state index is 0. The summed E-state index contributed by atoms with van der Waals surface area (Å²) in [5, 5.41) is 0. The largest absolute Gasteiger partial charge is 1.00 e. The Labute approximate surface area is 112 Å². The molecule has 0 aromatic heterocycles. The topological polar surface area (TPSA) is 90.6 Å². The number of hydrogen-bond acceptors (Lipinski definition) is 5. The number of hydrazine groups is 1. The minimum Gasteiger partial charge on any atom is -1.00 e. The van der Waals surface area contributed by atoms with Crippen molar-refractivity contribution in [3.8, 4) is 11.5 Å². The van der Waals surface area contributed by atoms with Crippen LogP contribution in [0, 0.1) is 0 Å². The third kappa shape index (κ3) is 4.83. The third-order valence-corrected chi connectivity index (χ3v) is 2.11. The van der Waals surface area contributed by atoms with Crippen LogP contribution in [-0.2, 0) is 10.3 Å². The van der Waals surface area contributed by atoms with Crippen molar-refractivity contribution < 1.29 is 48.3 Å². The molecular formula is C7H11N2NaO4S. The van der Waals surface area contributed by atoms with Crippen LogP contribution >= 0.6 is 0 Å². The molecule has 15 heavy (non-hydrogen) atoms. The summed E-state index contributed by atoms with van der Waals surface area (Å²) in [5.41, 5.74) is 0. The van der Waals surface area contributed by atoms with Crippen molar-refractivity contribution in [1.82, 2.24) is 4.83 Å². The van der Waals surface area contributed by atoms with Crippen LogP contribution in [0.5, 0.6) is 11.5 Å². The van der Waals surface area contributed by atoms with Crippen molar-refractivity contribution in [2.75, 3.05) is 7.11 Å². The van der Waals surface area contributed by atoms with Gasteiger partial charge in [-0.3, -0.25) is 5.84 Å². The molecule has 3 N–H and O–H groups in total. The Hall–Kier alpha value is -0.310. The van der Waals surface area contributed by atoms with Gasteiger partial charge < -0.3 is 10.3 Å². The van der Waals surface area contributed by atoms with Crippen molar-refractivity contribution in [3.05, 3.63) is 24.3 Å². The molecule has 1 aromatic carbocycles. The van der Waals surface area contributed by atoms with Gasteiger partial charge in [0, 0.05) is 0 Å². The average molecular weight is 242 g/mol. The van der Waals surface area contributed by atoms with E-state index in [0.717, 1.165) is 0 Å². The van der Waals surface area contributed by atoms with Crippen LogP contribution in [0.25, 0.3) is 0 Å². The van der Waals surface area contributed by atoms with Crippen LogP contribution in [0.3, 0.4) is 0 Å². The molecule has 0 heterocycles. The SMILES string of the molecule is COc1ccc(OS(=O)(=O)NN)cc1.[H-].[Na+]. The number of rotatable bonds is 4. The van der Waals surface area contributed by atoms with E-state index in [1.807, 2.05) is 0 Å². The zero-order chi connectivity index (χ0) is 10.6. The third-order valence-electron chi connectivity index (χ3n) is 1.41. The molecule has 0 saturated heterocycles. The summed E-state index contributed by atoms with van der Waals surface area (Å²) in [6, 6.07) is 6.05. The number of nitrogens with one attached hydrogen (secondary N) is 1. The second kappa shape index (κ2) is 6.31. The number of nitrogens with two attached hydrogens (primary N) is 1. The van der Waals surface area contributed by atoms with E-state index < -0.39 is 10.3 Å². The van der Waals surface area contributed by atoms with E-state index in [1.54, 1.807) is 12.1 Å². The second-order valence-corrected chi connectivity index (χ2v) is 3.64. The van der Waals surface area contributed by atoms with Crippen molar-refractivity contribution in [3.63, 3.8) is 0 Å². The molecule has 0 radical (unpaired) electrons. The first-order valence-electron chi connectivity index (χ1n) is 3.63. The predicted octanol–water partition coefficient (Wildman–Crippen LogP) is -3.10. The Morgan fingerprint density at radius 1 is 1.27 bits per heavy atom. The fourth-order valence-corrected chi connectivity index (χ4v) is 1.19. The van der Waals surface area contributed by atoms with Gasteiger partial charge in [0.05, 0.1) is 7.11 Å². The first kappa shape index (κ1) is 14.7. The van der Waals surface area contributed by atoms with E-state index in [2.05, 4.69) is 4.18 Å². The van der Waals surface area contributed by atoms with Crippen LogP contribution < -0.4 is 49.2 Å². The Morgan fingerprint density at radius 2 is 1.73 bits per heavy atom. The first-order chi connectivity index (χ1) is 6.57. The number of benzene rings is 1. The Bertz CT molecular complexity index is 397. The average Bonchev–Trinajstić information content (AvgIpc) is 2.19. The summed E-state index contributed by atoms with van der Waals surface area (Å²) in [4.78, 5) is 1.54. The van der Waals surface area contributed by atoms with E-state index in [9.17, 15) is 8.42 Å². The van der Waals surface area contributed by atoms with Gasteiger partial charge in [0.15, 0.2) is 0 Å². The van der Waals surface area contributed by atoms with Gasteiger partial charge in [0.25, 0.3) is 0 Å². The van der Waals surface area contributed by atoms with Gasteiger partial charge in [-0.25, -0.2) is 0 Å². The quantitative estimate of drug-likeness (QED) is 0.331. The molecule has 0 saturated carbocycles. The zero-order valence-corrected chi connectivity index (χ0v) is 11.2. The molecule has 0 bridgehead atoms. The first-order valence-corrected chi connectivity index (χ1v) is 5.04. The van der Waals surface area contributed by atoms with E-state index >= 15 is 0 Å². The Kier molecular flexibility index (Phi) is 6.18. The van der Waals surface area contributed by atoms with E-state index in [0.29, 0.717) is 5.75 Å². The predicted molar refractivity (Wildman–Crippen MR) is 51.0 cm³/mol. The molecule has 6 nitrogen and oxygen atoms in total. The molecule has 0 aliphatic carbocycles. The van der Waals surface area contributed by atoms with Gasteiger partial charge in [-0.2, -0.15) is 8.42 Å². The van der Waals surface area contributed by atoms with Gasteiger partial charge in [0.2, 0.25) is 0 Å². The Morgan fingerprint density at radius 3 is 2.13 bits per heavy atom. The molecule has 0 amide bonds. The molecule has 80 valence electrons. The summed E-state index contributed by atoms with van der Waals surface area (Å²) in [6.07, 6.45) is 0. The van der Waals surface area contributed by atoms with Crippen LogP contribution in [0.15, 0.2) is 24.3 Å². The number of ether oxygens (including phenoxy) is 1. The molecule has 0 aliphatic heterocycles. The van der Waals surface area contributed by atoms with Crippen molar-refractivity contribution >= 4 is 10.3 Å². The molecule has 0 atom stereocenters. The second-order valence-electron chi connectivity index (χ2n) is 2.33. The van der Waals surface area contributed by atoms with Crippen molar-refractivity contribution in [2.24, 2.45) is 5.84 Å². The van der Waals surface area contributed by atoms with Crippen LogP contribution in [0.4, 0.5) is 0 Å². The van der Waals surface area contributed by atoms with Gasteiger partial charge >= 0.3 is 39.9 Å². The summed E-state index contributed by atoms with van der Waals surface area (Å²) in [5.74, 6) is 5.49. The van der Waals surface area contributed by atoms with Crippen molar-refractivity contribution in [1.29, 1.82) is 0 Å². The summed E-state index contributed by atoms with van der Waals surface area (Å²) >= 11 is 0. The fourth-order valence-electron chi connectivity index (χ4n) is 0.782. The molecule has 0 aliphatic rings. The number of methoxy groups -OCH3 is 1. The van der Waals surface area contributed by atoms with Gasteiger partial charge in [-0.1, -0.05) is 0 Å². The van der Waals surface area contributed by atoms with E-state index in [4.69, 9.17) is 10.6 Å². The Balaban J connectivity index is 0. The maximum Gasteiger partial charge on any atom is 1.00 e. The van der Waals surface area contributed by atoms with Gasteiger partial charge in [-0.05, 0) is 24.3 Å². The molecule has 0 spiro atoms. The minimum atomic E-state index is -3.91. The van der Waals surface area contributed by atoms with Gasteiger partial charge in [-0.15, -0.1) is 4.83 Å². The fraction of sp³-hybridized carbons (Fsp3) is 0.143. The van der Waals surface area contributed by atoms with Crippen LogP contribution in [0.1, 0.15) is 1.43 Å². The maximum absolute atomic E-state index is 10.8. The summed E-state index contributed by atoms with van der Waals surface area (Å²) < 4.78 is 31.1.